The first-order valence-corrected chi connectivity index (χ1v) is 14.3. The molecule has 0 saturated heterocycles. The van der Waals surface area contributed by atoms with Gasteiger partial charge in [0.15, 0.2) is 0 Å². The average Bonchev–Trinajstić information content (AvgIpc) is 3.28. The predicted molar refractivity (Wildman–Crippen MR) is 158 cm³/mol. The van der Waals surface area contributed by atoms with Crippen LogP contribution in [0.15, 0.2) is 71.2 Å². The van der Waals surface area contributed by atoms with E-state index in [0.717, 1.165) is 54.7 Å². The fraction of sp³-hybridized carbons (Fsp3) is 0.294. The number of rotatable bonds is 7. The van der Waals surface area contributed by atoms with Crippen molar-refractivity contribution in [3.05, 3.63) is 127 Å². The Balaban J connectivity index is 1.75. The number of benzene rings is 4. The van der Waals surface area contributed by atoms with Crippen LogP contribution in [0.2, 0.25) is 0 Å². The van der Waals surface area contributed by atoms with Gasteiger partial charge in [-0.1, -0.05) is 66.2 Å². The van der Waals surface area contributed by atoms with Crippen LogP contribution in [0.25, 0.3) is 0 Å². The van der Waals surface area contributed by atoms with E-state index in [1.807, 2.05) is 24.3 Å². The van der Waals surface area contributed by atoms with Gasteiger partial charge in [0.25, 0.3) is 0 Å². The van der Waals surface area contributed by atoms with Crippen LogP contribution in [0.1, 0.15) is 79.3 Å². The van der Waals surface area contributed by atoms with Crippen molar-refractivity contribution in [2.75, 3.05) is 14.2 Å². The molecule has 0 aromatic heterocycles. The predicted octanol–water partition coefficient (Wildman–Crippen LogP) is 6.41. The molecular weight excluding hydrogens is 568 g/mol. The summed E-state index contributed by atoms with van der Waals surface area (Å²) < 4.78 is 12.8. The monoisotopic (exact) mass is 600 g/mol. The smallest absolute Gasteiger partial charge is 0.137 e. The van der Waals surface area contributed by atoms with E-state index in [0.29, 0.717) is 5.75 Å². The third-order valence-corrected chi connectivity index (χ3v) is 9.62. The Kier molecular flexibility index (Phi) is 7.21. The first-order chi connectivity index (χ1) is 19.4. The van der Waals surface area contributed by atoms with Crippen LogP contribution in [-0.2, 0) is 19.8 Å². The van der Waals surface area contributed by atoms with Crippen molar-refractivity contribution in [2.24, 2.45) is 0 Å². The molecule has 2 aliphatic carbocycles. The minimum Gasteiger partial charge on any atom is -0.496 e. The molecule has 4 atom stereocenters. The molecule has 4 aromatic carbocycles. The molecule has 0 saturated carbocycles. The maximum absolute atomic E-state index is 10.7. The van der Waals surface area contributed by atoms with Crippen molar-refractivity contribution < 1.29 is 24.8 Å². The summed E-state index contributed by atoms with van der Waals surface area (Å²) in [6.45, 7) is 1.83. The number of ether oxygens (including phenoxy) is 2. The highest BCUT2D eigenvalue weighted by molar-refractivity contribution is 9.10. The summed E-state index contributed by atoms with van der Waals surface area (Å²) in [6.07, 6.45) is 0. The van der Waals surface area contributed by atoms with Gasteiger partial charge in [-0.3, -0.25) is 0 Å². The highest BCUT2D eigenvalue weighted by Crippen LogP contribution is 2.69. The molecule has 1 unspecified atom stereocenters. The van der Waals surface area contributed by atoms with Crippen LogP contribution in [0.4, 0.5) is 0 Å². The molecule has 5 nitrogen and oxygen atoms in total. The SMILES string of the molecule is COc1cc(OC)c2c(c1Br)[C@H]1[C@@H](c3ccc(CO)cc3)c3c(CO)cc(CO)cc3C2[C@H]1c1ccc(C)cc1. The van der Waals surface area contributed by atoms with E-state index < -0.39 is 0 Å². The quantitative estimate of drug-likeness (QED) is 0.228. The highest BCUT2D eigenvalue weighted by atomic mass is 79.9. The molecule has 0 amide bonds. The second kappa shape index (κ2) is 10.7. The van der Waals surface area contributed by atoms with Gasteiger partial charge >= 0.3 is 0 Å². The maximum Gasteiger partial charge on any atom is 0.137 e. The lowest BCUT2D eigenvalue weighted by Gasteiger charge is -2.41. The summed E-state index contributed by atoms with van der Waals surface area (Å²) in [6, 6.07) is 22.9. The minimum atomic E-state index is -0.131. The number of aliphatic hydroxyl groups is 3. The summed E-state index contributed by atoms with van der Waals surface area (Å²) >= 11 is 3.93. The van der Waals surface area contributed by atoms with Crippen molar-refractivity contribution in [3.63, 3.8) is 0 Å². The Bertz CT molecular complexity index is 1560. The fourth-order valence-corrected chi connectivity index (χ4v) is 7.89. The fourth-order valence-electron chi connectivity index (χ4n) is 7.13. The normalized spacial score (nSPS) is 20.7. The van der Waals surface area contributed by atoms with Crippen molar-refractivity contribution in [3.8, 4) is 11.5 Å². The molecule has 0 heterocycles. The number of halogens is 1. The van der Waals surface area contributed by atoms with Crippen molar-refractivity contribution in [1.82, 2.24) is 0 Å². The summed E-state index contributed by atoms with van der Waals surface area (Å²) in [4.78, 5) is 0. The second-order valence-corrected chi connectivity index (χ2v) is 11.6. The Labute approximate surface area is 243 Å². The van der Waals surface area contributed by atoms with Gasteiger partial charge in [-0.05, 0) is 67.4 Å². The third-order valence-electron chi connectivity index (χ3n) is 8.80. The number of hydrogen-bond acceptors (Lipinski definition) is 5. The maximum atomic E-state index is 10.7. The lowest BCUT2D eigenvalue weighted by molar-refractivity contribution is 0.272. The topological polar surface area (TPSA) is 79.2 Å². The zero-order valence-electron chi connectivity index (χ0n) is 22.8. The van der Waals surface area contributed by atoms with Gasteiger partial charge in [0.05, 0.1) is 38.5 Å². The molecule has 206 valence electrons. The average molecular weight is 602 g/mol. The number of hydrogen-bond donors (Lipinski definition) is 3. The van der Waals surface area contributed by atoms with Gasteiger partial charge in [-0.15, -0.1) is 0 Å². The zero-order valence-corrected chi connectivity index (χ0v) is 24.4. The Morgan fingerprint density at radius 3 is 1.90 bits per heavy atom. The van der Waals surface area contributed by atoms with Gasteiger partial charge in [0.2, 0.25) is 0 Å². The van der Waals surface area contributed by atoms with Gasteiger partial charge < -0.3 is 24.8 Å². The van der Waals surface area contributed by atoms with E-state index in [9.17, 15) is 15.3 Å². The van der Waals surface area contributed by atoms with E-state index in [1.54, 1.807) is 14.2 Å². The summed E-state index contributed by atoms with van der Waals surface area (Å²) in [7, 11) is 3.36. The molecule has 4 aromatic rings. The van der Waals surface area contributed by atoms with E-state index in [-0.39, 0.29) is 43.5 Å². The van der Waals surface area contributed by atoms with Gasteiger partial charge in [0, 0.05) is 35.3 Å². The number of methoxy groups -OCH3 is 2. The van der Waals surface area contributed by atoms with Crippen LogP contribution in [0.5, 0.6) is 11.5 Å². The number of fused-ring (bicyclic) bond motifs is 7. The van der Waals surface area contributed by atoms with E-state index in [2.05, 4.69) is 65.3 Å². The largest absolute Gasteiger partial charge is 0.496 e. The molecule has 0 aliphatic heterocycles. The molecule has 2 bridgehead atoms. The Hall–Kier alpha value is -3.16. The van der Waals surface area contributed by atoms with Crippen LogP contribution in [-0.4, -0.2) is 29.5 Å². The molecule has 0 radical (unpaired) electrons. The zero-order chi connectivity index (χ0) is 28.1. The molecule has 0 fully saturated rings. The minimum absolute atomic E-state index is 0.00108. The third kappa shape index (κ3) is 4.08. The van der Waals surface area contributed by atoms with Gasteiger partial charge in [0.1, 0.15) is 11.5 Å². The molecule has 0 spiro atoms. The molecule has 3 N–H and O–H groups in total. The molecule has 2 aliphatic rings. The molecule has 6 rings (SSSR count). The first-order valence-electron chi connectivity index (χ1n) is 13.5. The second-order valence-electron chi connectivity index (χ2n) is 10.8. The Morgan fingerprint density at radius 1 is 0.650 bits per heavy atom. The summed E-state index contributed by atoms with van der Waals surface area (Å²) in [5, 5.41) is 30.6. The Morgan fingerprint density at radius 2 is 1.30 bits per heavy atom. The standard InChI is InChI=1S/C34H33BrO5/c1-18-4-8-21(9-5-18)29-30-24-13-20(16-37)12-23(17-38)27(24)28(22-10-6-19(15-36)7-11-22)32(29)33-31(30)25(39-2)14-26(40-3)34(33)35/h4-14,28-30,32,36-38H,15-17H2,1-3H3/t28-,29+,30?,32-/m0/s1. The molecule has 6 heteroatoms. The van der Waals surface area contributed by atoms with Gasteiger partial charge in [-0.2, -0.15) is 0 Å². The van der Waals surface area contributed by atoms with E-state index in [4.69, 9.17) is 9.47 Å². The van der Waals surface area contributed by atoms with Crippen LogP contribution < -0.4 is 9.47 Å². The van der Waals surface area contributed by atoms with Crippen molar-refractivity contribution in [2.45, 2.75) is 50.4 Å². The lowest BCUT2D eigenvalue weighted by atomic mass is 9.62. The van der Waals surface area contributed by atoms with E-state index in [1.165, 1.54) is 11.1 Å². The number of aliphatic hydroxyl groups excluding tert-OH is 3. The molecular formula is C34H33BrO5. The van der Waals surface area contributed by atoms with Crippen LogP contribution in [0, 0.1) is 6.92 Å². The molecule has 40 heavy (non-hydrogen) atoms. The number of aryl methyl sites for hydroxylation is 1. The highest BCUT2D eigenvalue weighted by Gasteiger charge is 2.54. The van der Waals surface area contributed by atoms with Crippen LogP contribution >= 0.6 is 15.9 Å². The summed E-state index contributed by atoms with van der Waals surface area (Å²) in [5.41, 5.74) is 10.4. The van der Waals surface area contributed by atoms with Crippen LogP contribution in [0.3, 0.4) is 0 Å². The lowest BCUT2D eigenvalue weighted by Crippen LogP contribution is -2.27. The summed E-state index contributed by atoms with van der Waals surface area (Å²) in [5.74, 6) is 1.39. The van der Waals surface area contributed by atoms with Gasteiger partial charge in [-0.25, -0.2) is 0 Å². The van der Waals surface area contributed by atoms with Crippen molar-refractivity contribution in [1.29, 1.82) is 0 Å². The first kappa shape index (κ1) is 27.0. The van der Waals surface area contributed by atoms with E-state index >= 15 is 0 Å². The van der Waals surface area contributed by atoms with Crippen molar-refractivity contribution >= 4 is 15.9 Å².